The van der Waals surface area contributed by atoms with Crippen molar-refractivity contribution in [2.75, 3.05) is 28.6 Å². The number of benzene rings is 1. The van der Waals surface area contributed by atoms with Gasteiger partial charge in [-0.2, -0.15) is 0 Å². The van der Waals surface area contributed by atoms with Crippen molar-refractivity contribution in [3.05, 3.63) is 48.7 Å². The number of aromatic nitrogens is 1. The molecule has 2 amide bonds. The molecular formula is C16H20N4O. The summed E-state index contributed by atoms with van der Waals surface area (Å²) < 4.78 is 0. The smallest absolute Gasteiger partial charge is 0.324 e. The van der Waals surface area contributed by atoms with E-state index in [2.05, 4.69) is 34.4 Å². The maximum atomic E-state index is 11.8. The zero-order chi connectivity index (χ0) is 15.1. The normalized spacial score (nSPS) is 10.0. The Labute approximate surface area is 125 Å². The molecule has 0 unspecified atom stereocenters. The van der Waals surface area contributed by atoms with Crippen LogP contribution in [-0.4, -0.2) is 24.1 Å². The Balaban J connectivity index is 1.95. The highest BCUT2D eigenvalue weighted by molar-refractivity contribution is 5.99. The topological polar surface area (TPSA) is 57.3 Å². The molecule has 0 radical (unpaired) electrons. The number of nitrogens with one attached hydrogen (secondary N) is 2. The van der Waals surface area contributed by atoms with Crippen LogP contribution in [0.5, 0.6) is 0 Å². The fourth-order valence-corrected chi connectivity index (χ4v) is 2.06. The van der Waals surface area contributed by atoms with E-state index in [1.807, 2.05) is 30.3 Å². The Bertz CT molecular complexity index is 565. The fraction of sp³-hybridized carbons (Fsp3) is 0.250. The molecule has 0 bridgehead atoms. The molecule has 5 heteroatoms. The SMILES string of the molecule is CCN(CC)c1ccc(NC(=O)Nc2ccccn2)cc1. The summed E-state index contributed by atoms with van der Waals surface area (Å²) in [4.78, 5) is 18.1. The Hall–Kier alpha value is -2.56. The van der Waals surface area contributed by atoms with Crippen molar-refractivity contribution in [2.24, 2.45) is 0 Å². The predicted octanol–water partition coefficient (Wildman–Crippen LogP) is 3.57. The molecule has 0 aliphatic carbocycles. The molecule has 21 heavy (non-hydrogen) atoms. The maximum Gasteiger partial charge on any atom is 0.324 e. The van der Waals surface area contributed by atoms with E-state index in [0.29, 0.717) is 5.82 Å². The maximum absolute atomic E-state index is 11.8. The van der Waals surface area contributed by atoms with Gasteiger partial charge < -0.3 is 10.2 Å². The molecule has 0 saturated carbocycles. The van der Waals surface area contributed by atoms with Gasteiger partial charge in [-0.3, -0.25) is 5.32 Å². The van der Waals surface area contributed by atoms with Crippen molar-refractivity contribution < 1.29 is 4.79 Å². The molecule has 1 aromatic carbocycles. The largest absolute Gasteiger partial charge is 0.372 e. The third kappa shape index (κ3) is 4.21. The lowest BCUT2D eigenvalue weighted by atomic mass is 10.2. The van der Waals surface area contributed by atoms with E-state index < -0.39 is 0 Å². The molecule has 0 fully saturated rings. The Morgan fingerprint density at radius 2 is 1.76 bits per heavy atom. The Kier molecular flexibility index (Phi) is 5.15. The van der Waals surface area contributed by atoms with Gasteiger partial charge in [-0.1, -0.05) is 6.07 Å². The van der Waals surface area contributed by atoms with Crippen molar-refractivity contribution in [2.45, 2.75) is 13.8 Å². The van der Waals surface area contributed by atoms with E-state index in [9.17, 15) is 4.79 Å². The van der Waals surface area contributed by atoms with Crippen LogP contribution in [0.3, 0.4) is 0 Å². The van der Waals surface area contributed by atoms with E-state index in [1.165, 1.54) is 0 Å². The average Bonchev–Trinajstić information content (AvgIpc) is 2.51. The van der Waals surface area contributed by atoms with Gasteiger partial charge in [0, 0.05) is 30.7 Å². The van der Waals surface area contributed by atoms with Gasteiger partial charge in [0.2, 0.25) is 0 Å². The van der Waals surface area contributed by atoms with Gasteiger partial charge in [-0.15, -0.1) is 0 Å². The summed E-state index contributed by atoms with van der Waals surface area (Å²) in [5.74, 6) is 0.523. The second-order valence-corrected chi connectivity index (χ2v) is 4.51. The molecule has 0 saturated heterocycles. The molecule has 0 aliphatic rings. The third-order valence-electron chi connectivity index (χ3n) is 3.16. The van der Waals surface area contributed by atoms with Gasteiger partial charge in [0.05, 0.1) is 0 Å². The van der Waals surface area contributed by atoms with Gasteiger partial charge in [0.15, 0.2) is 0 Å². The molecule has 0 aliphatic heterocycles. The molecule has 110 valence electrons. The van der Waals surface area contributed by atoms with Crippen LogP contribution in [0.25, 0.3) is 0 Å². The van der Waals surface area contributed by atoms with Crippen LogP contribution in [-0.2, 0) is 0 Å². The van der Waals surface area contributed by atoms with Gasteiger partial charge >= 0.3 is 6.03 Å². The summed E-state index contributed by atoms with van der Waals surface area (Å²) in [6.45, 7) is 6.17. The first-order valence-electron chi connectivity index (χ1n) is 7.07. The molecule has 2 N–H and O–H groups in total. The summed E-state index contributed by atoms with van der Waals surface area (Å²) in [6, 6.07) is 12.9. The minimum atomic E-state index is -0.302. The van der Waals surface area contributed by atoms with Crippen molar-refractivity contribution in [1.29, 1.82) is 0 Å². The Morgan fingerprint density at radius 1 is 1.05 bits per heavy atom. The van der Waals surface area contributed by atoms with Crippen LogP contribution in [0, 0.1) is 0 Å². The van der Waals surface area contributed by atoms with Gasteiger partial charge in [0.25, 0.3) is 0 Å². The second-order valence-electron chi connectivity index (χ2n) is 4.51. The molecular weight excluding hydrogens is 264 g/mol. The summed E-state index contributed by atoms with van der Waals surface area (Å²) in [5.41, 5.74) is 1.90. The van der Waals surface area contributed by atoms with Crippen LogP contribution in [0.1, 0.15) is 13.8 Å². The number of carbonyl (C=O) groups is 1. The lowest BCUT2D eigenvalue weighted by molar-refractivity contribution is 0.262. The number of hydrogen-bond acceptors (Lipinski definition) is 3. The number of rotatable bonds is 5. The number of hydrogen-bond donors (Lipinski definition) is 2. The van der Waals surface area contributed by atoms with Gasteiger partial charge in [-0.25, -0.2) is 9.78 Å². The predicted molar refractivity (Wildman–Crippen MR) is 86.9 cm³/mol. The first kappa shape index (κ1) is 14.8. The highest BCUT2D eigenvalue weighted by atomic mass is 16.2. The zero-order valence-corrected chi connectivity index (χ0v) is 12.3. The molecule has 2 rings (SSSR count). The molecule has 0 atom stereocenters. The third-order valence-corrected chi connectivity index (χ3v) is 3.16. The van der Waals surface area contributed by atoms with E-state index in [-0.39, 0.29) is 6.03 Å². The van der Waals surface area contributed by atoms with Crippen LogP contribution < -0.4 is 15.5 Å². The number of amides is 2. The number of pyridine rings is 1. The molecule has 1 aromatic heterocycles. The lowest BCUT2D eigenvalue weighted by Crippen LogP contribution is -2.22. The quantitative estimate of drug-likeness (QED) is 0.882. The molecule has 2 aromatic rings. The van der Waals surface area contributed by atoms with Crippen LogP contribution in [0.4, 0.5) is 22.0 Å². The summed E-state index contributed by atoms with van der Waals surface area (Å²) >= 11 is 0. The Morgan fingerprint density at radius 3 is 2.33 bits per heavy atom. The van der Waals surface area contributed by atoms with E-state index in [0.717, 1.165) is 24.5 Å². The van der Waals surface area contributed by atoms with E-state index >= 15 is 0 Å². The van der Waals surface area contributed by atoms with Crippen molar-refractivity contribution in [3.63, 3.8) is 0 Å². The fourth-order valence-electron chi connectivity index (χ4n) is 2.06. The number of nitrogens with zero attached hydrogens (tertiary/aromatic N) is 2. The molecule has 1 heterocycles. The minimum Gasteiger partial charge on any atom is -0.372 e. The van der Waals surface area contributed by atoms with Crippen LogP contribution >= 0.6 is 0 Å². The first-order valence-corrected chi connectivity index (χ1v) is 7.07. The highest BCUT2D eigenvalue weighted by Crippen LogP contribution is 2.17. The van der Waals surface area contributed by atoms with Gasteiger partial charge in [-0.05, 0) is 50.2 Å². The van der Waals surface area contributed by atoms with Crippen molar-refractivity contribution in [3.8, 4) is 0 Å². The van der Waals surface area contributed by atoms with Crippen LogP contribution in [0.2, 0.25) is 0 Å². The van der Waals surface area contributed by atoms with Gasteiger partial charge in [0.1, 0.15) is 5.82 Å². The van der Waals surface area contributed by atoms with Crippen molar-refractivity contribution in [1.82, 2.24) is 4.98 Å². The summed E-state index contributed by atoms with van der Waals surface area (Å²) in [7, 11) is 0. The first-order chi connectivity index (χ1) is 10.2. The van der Waals surface area contributed by atoms with E-state index in [4.69, 9.17) is 0 Å². The average molecular weight is 284 g/mol. The monoisotopic (exact) mass is 284 g/mol. The summed E-state index contributed by atoms with van der Waals surface area (Å²) in [5, 5.41) is 5.46. The van der Waals surface area contributed by atoms with E-state index in [1.54, 1.807) is 18.3 Å². The van der Waals surface area contributed by atoms with Crippen molar-refractivity contribution >= 4 is 23.2 Å². The second kappa shape index (κ2) is 7.28. The minimum absolute atomic E-state index is 0.302. The molecule has 0 spiro atoms. The number of anilines is 3. The number of carbonyl (C=O) groups excluding carboxylic acids is 1. The molecule has 5 nitrogen and oxygen atoms in total. The summed E-state index contributed by atoms with van der Waals surface area (Å²) in [6.07, 6.45) is 1.63. The standard InChI is InChI=1S/C16H20N4O/c1-3-20(4-2)14-10-8-13(9-11-14)18-16(21)19-15-7-5-6-12-17-15/h5-12H,3-4H2,1-2H3,(H2,17,18,19,21). The highest BCUT2D eigenvalue weighted by Gasteiger charge is 2.05. The zero-order valence-electron chi connectivity index (χ0n) is 12.3. The van der Waals surface area contributed by atoms with Crippen LogP contribution in [0.15, 0.2) is 48.7 Å². The lowest BCUT2D eigenvalue weighted by Gasteiger charge is -2.21. The number of urea groups is 1.